The van der Waals surface area contributed by atoms with Crippen molar-refractivity contribution in [2.24, 2.45) is 0 Å². The number of piperidine rings is 1. The summed E-state index contributed by atoms with van der Waals surface area (Å²) in [7, 11) is 1.62. The van der Waals surface area contributed by atoms with Crippen molar-refractivity contribution in [2.45, 2.75) is 38.7 Å². The van der Waals surface area contributed by atoms with Crippen LogP contribution in [-0.4, -0.2) is 47.1 Å². The average Bonchev–Trinajstić information content (AvgIpc) is 3.22. The van der Waals surface area contributed by atoms with E-state index in [4.69, 9.17) is 14.5 Å². The van der Waals surface area contributed by atoms with E-state index in [0.29, 0.717) is 18.0 Å². The van der Waals surface area contributed by atoms with Crippen molar-refractivity contribution in [1.82, 2.24) is 14.9 Å². The molecule has 2 heterocycles. The Kier molecular flexibility index (Phi) is 6.26. The third kappa shape index (κ3) is 4.90. The van der Waals surface area contributed by atoms with E-state index in [0.717, 1.165) is 41.8 Å². The number of imidazole rings is 1. The van der Waals surface area contributed by atoms with Gasteiger partial charge in [0.15, 0.2) is 11.5 Å². The minimum Gasteiger partial charge on any atom is -0.493 e. The highest BCUT2D eigenvalue weighted by atomic mass is 16.5. The molecule has 1 unspecified atom stereocenters. The highest BCUT2D eigenvalue weighted by Crippen LogP contribution is 2.30. The topological polar surface area (TPSA) is 67.5 Å². The number of hydrogen-bond acceptors (Lipinski definition) is 4. The van der Waals surface area contributed by atoms with Gasteiger partial charge in [0.25, 0.3) is 0 Å². The molecule has 2 aromatic carbocycles. The van der Waals surface area contributed by atoms with Gasteiger partial charge in [0.05, 0.1) is 24.2 Å². The van der Waals surface area contributed by atoms with Crippen LogP contribution in [0.5, 0.6) is 11.5 Å². The highest BCUT2D eigenvalue weighted by Gasteiger charge is 2.25. The van der Waals surface area contributed by atoms with E-state index in [-0.39, 0.29) is 17.9 Å². The number of H-pyrrole nitrogens is 1. The number of fused-ring (bicyclic) bond motifs is 1. The molecule has 1 aromatic heterocycles. The summed E-state index contributed by atoms with van der Waals surface area (Å²) in [6.07, 6.45) is 5.53. The fourth-order valence-electron chi connectivity index (χ4n) is 3.98. The van der Waals surface area contributed by atoms with Gasteiger partial charge in [0, 0.05) is 25.1 Å². The van der Waals surface area contributed by atoms with Gasteiger partial charge in [-0.15, -0.1) is 0 Å². The van der Waals surface area contributed by atoms with Gasteiger partial charge in [-0.25, -0.2) is 4.98 Å². The van der Waals surface area contributed by atoms with E-state index in [1.807, 2.05) is 67.3 Å². The van der Waals surface area contributed by atoms with Gasteiger partial charge in [0.1, 0.15) is 5.82 Å². The first-order chi connectivity index (χ1) is 15.0. The molecular weight excluding hydrogens is 390 g/mol. The number of carbonyl (C=O) groups excluding carboxylic acids is 1. The Morgan fingerprint density at radius 3 is 2.84 bits per heavy atom. The van der Waals surface area contributed by atoms with E-state index in [2.05, 4.69) is 4.98 Å². The lowest BCUT2D eigenvalue weighted by Gasteiger charge is -2.31. The molecule has 0 radical (unpaired) electrons. The van der Waals surface area contributed by atoms with Gasteiger partial charge in [-0.3, -0.25) is 4.79 Å². The third-order valence-electron chi connectivity index (χ3n) is 5.50. The molecule has 0 saturated carbocycles. The van der Waals surface area contributed by atoms with Crippen LogP contribution in [0.2, 0.25) is 0 Å². The minimum atomic E-state index is 0.0160. The van der Waals surface area contributed by atoms with Gasteiger partial charge >= 0.3 is 0 Å². The molecule has 31 heavy (non-hydrogen) atoms. The van der Waals surface area contributed by atoms with E-state index in [1.54, 1.807) is 13.2 Å². The number of likely N-dealkylation sites (tertiary alicyclic amines) is 1. The molecule has 1 fully saturated rings. The molecule has 0 spiro atoms. The van der Waals surface area contributed by atoms with Crippen LogP contribution in [-0.2, 0) is 4.79 Å². The van der Waals surface area contributed by atoms with Crippen molar-refractivity contribution in [1.29, 1.82) is 0 Å². The molecule has 0 aliphatic carbocycles. The van der Waals surface area contributed by atoms with Gasteiger partial charge < -0.3 is 19.4 Å². The van der Waals surface area contributed by atoms with Crippen molar-refractivity contribution < 1.29 is 14.3 Å². The molecule has 1 saturated heterocycles. The van der Waals surface area contributed by atoms with Crippen LogP contribution in [0.15, 0.2) is 48.5 Å². The van der Waals surface area contributed by atoms with Crippen LogP contribution in [0, 0.1) is 0 Å². The highest BCUT2D eigenvalue weighted by molar-refractivity contribution is 5.92. The Bertz CT molecular complexity index is 1050. The zero-order valence-electron chi connectivity index (χ0n) is 18.3. The number of amides is 1. The Morgan fingerprint density at radius 1 is 1.23 bits per heavy atom. The van der Waals surface area contributed by atoms with Gasteiger partial charge in [-0.1, -0.05) is 18.2 Å². The van der Waals surface area contributed by atoms with Crippen LogP contribution >= 0.6 is 0 Å². The van der Waals surface area contributed by atoms with Crippen molar-refractivity contribution in [3.63, 3.8) is 0 Å². The molecule has 1 N–H and O–H groups in total. The lowest BCUT2D eigenvalue weighted by atomic mass is 9.97. The number of methoxy groups -OCH3 is 1. The monoisotopic (exact) mass is 419 g/mol. The summed E-state index contributed by atoms with van der Waals surface area (Å²) in [6, 6.07) is 13.7. The number of aromatic amines is 1. The van der Waals surface area contributed by atoms with Crippen LogP contribution < -0.4 is 9.47 Å². The van der Waals surface area contributed by atoms with Gasteiger partial charge in [-0.2, -0.15) is 0 Å². The predicted molar refractivity (Wildman–Crippen MR) is 122 cm³/mol. The summed E-state index contributed by atoms with van der Waals surface area (Å²) < 4.78 is 11.2. The van der Waals surface area contributed by atoms with Crippen molar-refractivity contribution in [3.05, 3.63) is 59.9 Å². The quantitative estimate of drug-likeness (QED) is 0.584. The number of aromatic nitrogens is 2. The number of hydrogen-bond donors (Lipinski definition) is 1. The largest absolute Gasteiger partial charge is 0.493 e. The normalized spacial score (nSPS) is 16.9. The number of carbonyl (C=O) groups is 1. The van der Waals surface area contributed by atoms with E-state index in [1.165, 1.54) is 0 Å². The Labute approximate surface area is 182 Å². The Morgan fingerprint density at radius 2 is 2.06 bits per heavy atom. The molecule has 1 aliphatic rings. The molecule has 1 amide bonds. The zero-order valence-corrected chi connectivity index (χ0v) is 18.3. The van der Waals surface area contributed by atoms with Crippen LogP contribution in [0.25, 0.3) is 17.1 Å². The van der Waals surface area contributed by atoms with Crippen LogP contribution in [0.4, 0.5) is 0 Å². The first kappa shape index (κ1) is 21.0. The standard InChI is InChI=1S/C25H29N3O3/c1-17(2)31-22-12-10-18(15-23(22)30-3)11-13-24(29)28-14-6-7-19(16-28)25-26-20-8-4-5-9-21(20)27-25/h4-5,8-13,15,17,19H,6-7,14,16H2,1-3H3,(H,26,27)/b13-11+. The smallest absolute Gasteiger partial charge is 0.246 e. The minimum absolute atomic E-state index is 0.0160. The third-order valence-corrected chi connectivity index (χ3v) is 5.50. The first-order valence-electron chi connectivity index (χ1n) is 10.8. The van der Waals surface area contributed by atoms with E-state index in [9.17, 15) is 4.79 Å². The summed E-state index contributed by atoms with van der Waals surface area (Å²) in [5, 5.41) is 0. The van der Waals surface area contributed by atoms with E-state index < -0.39 is 0 Å². The number of para-hydroxylation sites is 2. The maximum absolute atomic E-state index is 12.8. The Hall–Kier alpha value is -3.28. The summed E-state index contributed by atoms with van der Waals surface area (Å²) in [5.74, 6) is 2.57. The molecule has 1 atom stereocenters. The second-order valence-corrected chi connectivity index (χ2v) is 8.17. The van der Waals surface area contributed by atoms with Crippen LogP contribution in [0.1, 0.15) is 44.0 Å². The van der Waals surface area contributed by atoms with Crippen molar-refractivity contribution >= 4 is 23.0 Å². The number of nitrogens with zero attached hydrogens (tertiary/aromatic N) is 2. The van der Waals surface area contributed by atoms with Crippen molar-refractivity contribution in [3.8, 4) is 11.5 Å². The molecule has 6 nitrogen and oxygen atoms in total. The van der Waals surface area contributed by atoms with Gasteiger partial charge in [0.2, 0.25) is 5.91 Å². The fraction of sp³-hybridized carbons (Fsp3) is 0.360. The molecule has 6 heteroatoms. The Balaban J connectivity index is 1.43. The van der Waals surface area contributed by atoms with Crippen molar-refractivity contribution in [2.75, 3.05) is 20.2 Å². The zero-order chi connectivity index (χ0) is 21.8. The molecular formula is C25H29N3O3. The number of benzene rings is 2. The summed E-state index contributed by atoms with van der Waals surface area (Å²) in [6.45, 7) is 5.39. The molecule has 162 valence electrons. The van der Waals surface area contributed by atoms with Crippen LogP contribution in [0.3, 0.4) is 0 Å². The maximum atomic E-state index is 12.8. The molecule has 4 rings (SSSR count). The molecule has 1 aliphatic heterocycles. The second-order valence-electron chi connectivity index (χ2n) is 8.17. The lowest BCUT2D eigenvalue weighted by molar-refractivity contribution is -0.127. The number of ether oxygens (including phenoxy) is 2. The summed E-state index contributed by atoms with van der Waals surface area (Å²) in [5.41, 5.74) is 2.91. The first-order valence-corrected chi connectivity index (χ1v) is 10.8. The maximum Gasteiger partial charge on any atom is 0.246 e. The number of rotatable bonds is 6. The predicted octanol–water partition coefficient (Wildman–Crippen LogP) is 4.78. The number of nitrogens with one attached hydrogen (secondary N) is 1. The molecule has 3 aromatic rings. The average molecular weight is 420 g/mol. The fourth-order valence-corrected chi connectivity index (χ4v) is 3.98. The van der Waals surface area contributed by atoms with E-state index >= 15 is 0 Å². The SMILES string of the molecule is COc1cc(/C=C/C(=O)N2CCCC(c3nc4ccccc4[nH]3)C2)ccc1OC(C)C. The molecule has 0 bridgehead atoms. The summed E-state index contributed by atoms with van der Waals surface area (Å²) >= 11 is 0. The van der Waals surface area contributed by atoms with Gasteiger partial charge in [-0.05, 0) is 62.6 Å². The second kappa shape index (κ2) is 9.25. The summed E-state index contributed by atoms with van der Waals surface area (Å²) in [4.78, 5) is 22.9. The lowest BCUT2D eigenvalue weighted by Crippen LogP contribution is -2.38.